The number of nitrogens with zero attached hydrogens (tertiary/aromatic N) is 1. The number of benzene rings is 2. The van der Waals surface area contributed by atoms with Gasteiger partial charge >= 0.3 is 5.97 Å². The third-order valence-corrected chi connectivity index (χ3v) is 3.89. The molecule has 0 radical (unpaired) electrons. The summed E-state index contributed by atoms with van der Waals surface area (Å²) in [6, 6.07) is 9.37. The summed E-state index contributed by atoms with van der Waals surface area (Å²) in [7, 11) is 0. The zero-order valence-electron chi connectivity index (χ0n) is 13.8. The van der Waals surface area contributed by atoms with Crippen LogP contribution in [-0.2, 0) is 11.3 Å². The molecule has 4 nitrogen and oxygen atoms in total. The van der Waals surface area contributed by atoms with Gasteiger partial charge in [-0.25, -0.2) is 18.0 Å². The van der Waals surface area contributed by atoms with Gasteiger partial charge in [0.25, 0.3) is 0 Å². The number of ether oxygens (including phenoxy) is 1. The third-order valence-electron chi connectivity index (χ3n) is 3.89. The monoisotopic (exact) mass is 361 g/mol. The Kier molecular flexibility index (Phi) is 4.79. The van der Waals surface area contributed by atoms with E-state index in [2.05, 4.69) is 0 Å². The van der Waals surface area contributed by atoms with Crippen molar-refractivity contribution in [3.05, 3.63) is 81.4 Å². The van der Waals surface area contributed by atoms with E-state index in [4.69, 9.17) is 4.74 Å². The second-order valence-corrected chi connectivity index (χ2v) is 5.59. The van der Waals surface area contributed by atoms with Crippen LogP contribution in [0.3, 0.4) is 0 Å². The molecular weight excluding hydrogens is 347 g/mol. The molecule has 0 atom stereocenters. The van der Waals surface area contributed by atoms with E-state index in [1.165, 1.54) is 4.57 Å². The minimum absolute atomic E-state index is 0.0289. The van der Waals surface area contributed by atoms with Crippen molar-refractivity contribution in [1.82, 2.24) is 4.57 Å². The van der Waals surface area contributed by atoms with Gasteiger partial charge in [0.1, 0.15) is 5.56 Å². The van der Waals surface area contributed by atoms with Gasteiger partial charge in [-0.15, -0.1) is 0 Å². The van der Waals surface area contributed by atoms with E-state index >= 15 is 0 Å². The molecule has 0 aliphatic rings. The minimum Gasteiger partial charge on any atom is -0.462 e. The maximum Gasteiger partial charge on any atom is 0.343 e. The number of carbonyl (C=O) groups is 1. The van der Waals surface area contributed by atoms with Crippen LogP contribution in [-0.4, -0.2) is 17.1 Å². The minimum atomic E-state index is -1.68. The number of rotatable bonds is 4. The molecule has 1 aromatic heterocycles. The van der Waals surface area contributed by atoms with Crippen molar-refractivity contribution < 1.29 is 22.7 Å². The Bertz CT molecular complexity index is 1050. The Labute approximate surface area is 146 Å². The van der Waals surface area contributed by atoms with Crippen LogP contribution in [0.5, 0.6) is 0 Å². The van der Waals surface area contributed by atoms with E-state index in [1.807, 2.05) is 0 Å². The molecule has 0 amide bonds. The summed E-state index contributed by atoms with van der Waals surface area (Å²) in [5.74, 6) is -5.57. The first-order chi connectivity index (χ1) is 12.4. The molecule has 3 rings (SSSR count). The fraction of sp³-hybridized carbons (Fsp3) is 0.158. The summed E-state index contributed by atoms with van der Waals surface area (Å²) in [5.41, 5.74) is -0.983. The zero-order valence-corrected chi connectivity index (χ0v) is 13.8. The first-order valence-electron chi connectivity index (χ1n) is 7.85. The average molecular weight is 361 g/mol. The van der Waals surface area contributed by atoms with Gasteiger partial charge < -0.3 is 9.30 Å². The van der Waals surface area contributed by atoms with Gasteiger partial charge in [-0.05, 0) is 18.6 Å². The van der Waals surface area contributed by atoms with Gasteiger partial charge in [0, 0.05) is 12.7 Å². The Hall–Kier alpha value is -3.09. The molecule has 0 N–H and O–H groups in total. The molecule has 26 heavy (non-hydrogen) atoms. The van der Waals surface area contributed by atoms with Crippen LogP contribution >= 0.6 is 0 Å². The number of hydrogen-bond donors (Lipinski definition) is 0. The van der Waals surface area contributed by atoms with Gasteiger partial charge in [0.15, 0.2) is 17.5 Å². The van der Waals surface area contributed by atoms with Gasteiger partial charge in [-0.2, -0.15) is 0 Å². The molecule has 0 spiro atoms. The predicted molar refractivity (Wildman–Crippen MR) is 89.6 cm³/mol. The normalized spacial score (nSPS) is 10.9. The molecular formula is C19H14F3NO3. The highest BCUT2D eigenvalue weighted by atomic mass is 19.2. The Balaban J connectivity index is 2.32. The van der Waals surface area contributed by atoms with Gasteiger partial charge in [-0.3, -0.25) is 4.79 Å². The van der Waals surface area contributed by atoms with Crippen molar-refractivity contribution in [2.24, 2.45) is 0 Å². The van der Waals surface area contributed by atoms with E-state index in [1.54, 1.807) is 37.3 Å². The lowest BCUT2D eigenvalue weighted by molar-refractivity contribution is 0.0524. The number of halogens is 3. The molecule has 0 bridgehead atoms. The van der Waals surface area contributed by atoms with E-state index in [9.17, 15) is 22.8 Å². The van der Waals surface area contributed by atoms with E-state index in [-0.39, 0.29) is 18.7 Å². The Morgan fingerprint density at radius 3 is 2.46 bits per heavy atom. The highest BCUT2D eigenvalue weighted by molar-refractivity contribution is 5.94. The Morgan fingerprint density at radius 2 is 1.81 bits per heavy atom. The summed E-state index contributed by atoms with van der Waals surface area (Å²) < 4.78 is 47.8. The largest absolute Gasteiger partial charge is 0.462 e. The molecule has 1 heterocycles. The second kappa shape index (κ2) is 7.03. The first-order valence-corrected chi connectivity index (χ1v) is 7.85. The highest BCUT2D eigenvalue weighted by Crippen LogP contribution is 2.23. The molecule has 3 aromatic rings. The standard InChI is InChI=1S/C19H14F3NO3/c1-2-26-19(25)13-10-23(9-11-6-4-3-5-7-11)17-12(18(13)24)8-14(20)15(21)16(17)22/h3-8,10H,2,9H2,1H3. The van der Waals surface area contributed by atoms with Crippen molar-refractivity contribution >= 4 is 16.9 Å². The molecule has 0 aliphatic carbocycles. The van der Waals surface area contributed by atoms with Crippen LogP contribution in [0, 0.1) is 17.5 Å². The molecule has 0 aliphatic heterocycles. The molecule has 0 unspecified atom stereocenters. The van der Waals surface area contributed by atoms with Crippen LogP contribution in [0.25, 0.3) is 10.9 Å². The van der Waals surface area contributed by atoms with Crippen molar-refractivity contribution in [2.45, 2.75) is 13.5 Å². The van der Waals surface area contributed by atoms with Crippen LogP contribution < -0.4 is 5.43 Å². The number of aromatic nitrogens is 1. The predicted octanol–water partition coefficient (Wildman–Crippen LogP) is 3.64. The SMILES string of the molecule is CCOC(=O)c1cn(Cc2ccccc2)c2c(F)c(F)c(F)cc2c1=O. The van der Waals surface area contributed by atoms with E-state index in [0.717, 1.165) is 11.8 Å². The quantitative estimate of drug-likeness (QED) is 0.527. The molecule has 134 valence electrons. The van der Waals surface area contributed by atoms with Crippen molar-refractivity contribution in [3.8, 4) is 0 Å². The summed E-state index contributed by atoms with van der Waals surface area (Å²) in [6.45, 7) is 1.64. The zero-order chi connectivity index (χ0) is 18.8. The van der Waals surface area contributed by atoms with Gasteiger partial charge in [0.2, 0.25) is 5.43 Å². The maximum atomic E-state index is 14.4. The summed E-state index contributed by atoms with van der Waals surface area (Å²) in [5, 5.41) is -0.428. The van der Waals surface area contributed by atoms with Crippen LogP contribution in [0.4, 0.5) is 13.2 Å². The molecule has 2 aromatic carbocycles. The number of esters is 1. The molecule has 0 saturated carbocycles. The number of pyridine rings is 1. The van der Waals surface area contributed by atoms with Crippen LogP contribution in [0.2, 0.25) is 0 Å². The molecule has 0 saturated heterocycles. The Morgan fingerprint density at radius 1 is 1.12 bits per heavy atom. The highest BCUT2D eigenvalue weighted by Gasteiger charge is 2.23. The van der Waals surface area contributed by atoms with E-state index < -0.39 is 39.8 Å². The lowest BCUT2D eigenvalue weighted by atomic mass is 10.1. The van der Waals surface area contributed by atoms with E-state index in [0.29, 0.717) is 6.07 Å². The van der Waals surface area contributed by atoms with Crippen molar-refractivity contribution in [1.29, 1.82) is 0 Å². The molecule has 0 fully saturated rings. The lowest BCUT2D eigenvalue weighted by Crippen LogP contribution is -2.22. The third kappa shape index (κ3) is 3.08. The average Bonchev–Trinajstić information content (AvgIpc) is 2.63. The number of fused-ring (bicyclic) bond motifs is 1. The smallest absolute Gasteiger partial charge is 0.343 e. The van der Waals surface area contributed by atoms with Crippen LogP contribution in [0.15, 0.2) is 47.4 Å². The fourth-order valence-electron chi connectivity index (χ4n) is 2.72. The number of carbonyl (C=O) groups excluding carboxylic acids is 1. The van der Waals surface area contributed by atoms with Crippen molar-refractivity contribution in [2.75, 3.05) is 6.61 Å². The van der Waals surface area contributed by atoms with Crippen LogP contribution in [0.1, 0.15) is 22.8 Å². The maximum absolute atomic E-state index is 14.4. The van der Waals surface area contributed by atoms with Gasteiger partial charge in [-0.1, -0.05) is 30.3 Å². The first kappa shape index (κ1) is 17.7. The summed E-state index contributed by atoms with van der Waals surface area (Å²) in [4.78, 5) is 24.5. The summed E-state index contributed by atoms with van der Waals surface area (Å²) >= 11 is 0. The lowest BCUT2D eigenvalue weighted by Gasteiger charge is -2.14. The fourth-order valence-corrected chi connectivity index (χ4v) is 2.72. The van der Waals surface area contributed by atoms with Crippen molar-refractivity contribution in [3.63, 3.8) is 0 Å². The summed E-state index contributed by atoms with van der Waals surface area (Å²) in [6.07, 6.45) is 1.11. The molecule has 7 heteroatoms. The topological polar surface area (TPSA) is 48.3 Å². The number of hydrogen-bond acceptors (Lipinski definition) is 3. The van der Waals surface area contributed by atoms with Gasteiger partial charge in [0.05, 0.1) is 17.5 Å². The second-order valence-electron chi connectivity index (χ2n) is 5.59.